The molecule has 0 amide bonds. The average Bonchev–Trinajstić information content (AvgIpc) is 3.87. The zero-order valence-electron chi connectivity index (χ0n) is 46.3. The molecule has 0 aromatic heterocycles. The summed E-state index contributed by atoms with van der Waals surface area (Å²) in [6, 6.07) is 0. The van der Waals surface area contributed by atoms with Crippen molar-refractivity contribution in [1.82, 2.24) is 9.80 Å². The van der Waals surface area contributed by atoms with Crippen molar-refractivity contribution in [2.75, 3.05) is 65.7 Å². The largest absolute Gasteiger partial charge is 0.395 e. The quantitative estimate of drug-likeness (QED) is 0.141. The summed E-state index contributed by atoms with van der Waals surface area (Å²) >= 11 is 0. The SMILES string of the molecule is C[C@@H]1CC[C@H]2[C@@H](C)C(OCCN(CCOC3O[C@@H]4O[C@@]5(C)CC[C@H]6[C@H](C)CC[C@@H]([C@H]3C)[C@@]46OO5)CCN(CCO)CCOC3O[C@@H]4O[C@@]5(C)CC[C@H]6[C@H](C)CC[C@@](C)([C@H]3C)[C@@]46OO5)O[C@@H]3O[C@@]4(C)CC[C@@H]1[C@]32OO4. The standard InChI is InChI=1S/C56H92N2O16/c1-33-11-13-42-36(4)44(63-47-54(42)39(33)16-20-51(8,66-47)69-72-54)60-30-27-58(28-31-61-45-37(5)43-14-12-34(2)40-17-21-52(9)67-48(64-45)55(40,43)73-70-52)24-23-57(25-29-59)26-32-62-46-38(6)50(7)19-15-35(3)41-18-22-53(10)68-49(65-46)56(41,50)74-71-53/h33-49,59H,11-32H2,1-10H3/t33-,34-,35-,36-,37-,38+,39+,40+,41+,42+,43+,44?,45?,46?,47-,48-,49-,50+,51-,52-,53-,54-,55-,56+/m1/s1. The first-order valence-electron chi connectivity index (χ1n) is 29.4. The predicted octanol–water partition coefficient (Wildman–Crippen LogP) is 7.65. The highest BCUT2D eigenvalue weighted by molar-refractivity contribution is 5.15. The van der Waals surface area contributed by atoms with Gasteiger partial charge in [-0.15, -0.1) is 0 Å². The van der Waals surface area contributed by atoms with E-state index in [0.717, 1.165) is 77.0 Å². The highest BCUT2D eigenvalue weighted by Gasteiger charge is 2.75. The van der Waals surface area contributed by atoms with Crippen LogP contribution in [0.25, 0.3) is 0 Å². The Kier molecular flexibility index (Phi) is 14.6. The number of aliphatic hydroxyl groups is 1. The van der Waals surface area contributed by atoms with Crippen LogP contribution in [-0.2, 0) is 72.0 Å². The van der Waals surface area contributed by atoms with Gasteiger partial charge in [0, 0.05) is 93.5 Å². The van der Waals surface area contributed by atoms with Gasteiger partial charge in [0.1, 0.15) is 0 Å². The Balaban J connectivity index is 0.712. The fourth-order valence-electron chi connectivity index (χ4n) is 17.5. The molecule has 15 fully saturated rings. The summed E-state index contributed by atoms with van der Waals surface area (Å²) in [5.41, 5.74) is -2.27. The molecule has 6 bridgehead atoms. The minimum Gasteiger partial charge on any atom is -0.395 e. The summed E-state index contributed by atoms with van der Waals surface area (Å²) in [6.07, 6.45) is 8.46. The Hall–Kier alpha value is -0.720. The highest BCUT2D eigenvalue weighted by Crippen LogP contribution is 2.67. The molecule has 3 aliphatic carbocycles. The van der Waals surface area contributed by atoms with Crippen LogP contribution in [0.2, 0.25) is 0 Å². The Morgan fingerprint density at radius 3 is 1.38 bits per heavy atom. The Labute approximate surface area is 440 Å². The first-order valence-corrected chi connectivity index (χ1v) is 29.4. The topological polar surface area (TPSA) is 165 Å². The number of hydrogen-bond donors (Lipinski definition) is 1. The number of aliphatic hydroxyl groups excluding tert-OH is 1. The van der Waals surface area contributed by atoms with Gasteiger partial charge >= 0.3 is 0 Å². The van der Waals surface area contributed by atoms with Crippen LogP contribution >= 0.6 is 0 Å². The molecular weight excluding hydrogens is 957 g/mol. The lowest BCUT2D eigenvalue weighted by Gasteiger charge is -2.65. The second-order valence-electron chi connectivity index (χ2n) is 26.5. The fraction of sp³-hybridized carbons (Fsp3) is 1.00. The fourth-order valence-corrected chi connectivity index (χ4v) is 17.5. The van der Waals surface area contributed by atoms with Crippen molar-refractivity contribution in [2.45, 2.75) is 218 Å². The van der Waals surface area contributed by atoms with E-state index in [1.807, 2.05) is 20.8 Å². The van der Waals surface area contributed by atoms with Gasteiger partial charge in [0.25, 0.3) is 0 Å². The molecule has 12 heterocycles. The van der Waals surface area contributed by atoms with E-state index in [0.29, 0.717) is 76.8 Å². The van der Waals surface area contributed by atoms with Crippen LogP contribution in [0.5, 0.6) is 0 Å². The molecule has 15 rings (SSSR count). The van der Waals surface area contributed by atoms with E-state index in [1.165, 1.54) is 0 Å². The first kappa shape index (κ1) is 53.9. The van der Waals surface area contributed by atoms with Gasteiger partial charge < -0.3 is 47.7 Å². The van der Waals surface area contributed by atoms with Gasteiger partial charge in [0.05, 0.1) is 26.4 Å². The van der Waals surface area contributed by atoms with Crippen molar-refractivity contribution in [1.29, 1.82) is 0 Å². The van der Waals surface area contributed by atoms with Crippen LogP contribution in [-0.4, -0.2) is 153 Å². The maximum atomic E-state index is 10.4. The predicted molar refractivity (Wildman–Crippen MR) is 263 cm³/mol. The van der Waals surface area contributed by atoms with E-state index in [9.17, 15) is 5.11 Å². The number of rotatable bonds is 17. The smallest absolute Gasteiger partial charge is 0.201 e. The number of ether oxygens (including phenoxy) is 9. The molecule has 74 heavy (non-hydrogen) atoms. The molecule has 1 N–H and O–H groups in total. The second-order valence-corrected chi connectivity index (χ2v) is 26.5. The van der Waals surface area contributed by atoms with Crippen molar-refractivity contribution in [3.63, 3.8) is 0 Å². The molecule has 3 spiro atoms. The molecule has 3 saturated carbocycles. The molecule has 24 atom stereocenters. The Bertz CT molecular complexity index is 1910. The van der Waals surface area contributed by atoms with Crippen LogP contribution in [0.15, 0.2) is 0 Å². The van der Waals surface area contributed by atoms with Crippen LogP contribution in [0.1, 0.15) is 146 Å². The van der Waals surface area contributed by atoms with Crippen LogP contribution < -0.4 is 0 Å². The van der Waals surface area contributed by atoms with Crippen LogP contribution in [0.4, 0.5) is 0 Å². The molecule has 3 unspecified atom stereocenters. The minimum absolute atomic E-state index is 0.0284. The molecule has 18 nitrogen and oxygen atoms in total. The normalized spacial score (nSPS) is 54.0. The second kappa shape index (κ2) is 20.1. The van der Waals surface area contributed by atoms with Crippen molar-refractivity contribution < 1.29 is 77.1 Å². The van der Waals surface area contributed by atoms with Gasteiger partial charge in [-0.3, -0.25) is 9.80 Å². The van der Waals surface area contributed by atoms with E-state index in [-0.39, 0.29) is 59.4 Å². The van der Waals surface area contributed by atoms with Gasteiger partial charge in [-0.25, -0.2) is 29.3 Å². The molecular formula is C56H92N2O16. The molecule has 0 aromatic rings. The van der Waals surface area contributed by atoms with Crippen molar-refractivity contribution in [2.24, 2.45) is 70.5 Å². The highest BCUT2D eigenvalue weighted by atomic mass is 17.3. The molecule has 18 heteroatoms. The van der Waals surface area contributed by atoms with E-state index < -0.39 is 71.9 Å². The Morgan fingerprint density at radius 1 is 0.432 bits per heavy atom. The van der Waals surface area contributed by atoms with Gasteiger partial charge in [-0.05, 0) is 114 Å². The van der Waals surface area contributed by atoms with Gasteiger partial charge in [-0.2, -0.15) is 0 Å². The number of nitrogens with zero attached hydrogens (tertiary/aromatic N) is 2. The van der Waals surface area contributed by atoms with E-state index in [1.54, 1.807) is 0 Å². The maximum absolute atomic E-state index is 10.4. The summed E-state index contributed by atoms with van der Waals surface area (Å²) < 4.78 is 60.8. The third-order valence-electron chi connectivity index (χ3n) is 22.3. The Morgan fingerprint density at radius 2 is 0.865 bits per heavy atom. The van der Waals surface area contributed by atoms with Crippen molar-refractivity contribution in [3.8, 4) is 0 Å². The average molecular weight is 1050 g/mol. The number of hydrogen-bond acceptors (Lipinski definition) is 18. The van der Waals surface area contributed by atoms with Crippen molar-refractivity contribution >= 4 is 0 Å². The summed E-state index contributed by atoms with van der Waals surface area (Å²) in [5.74, 6) is 0.236. The van der Waals surface area contributed by atoms with Gasteiger partial charge in [0.15, 0.2) is 54.5 Å². The molecule has 422 valence electrons. The summed E-state index contributed by atoms with van der Waals surface area (Å²) in [7, 11) is 0. The van der Waals surface area contributed by atoms with Gasteiger partial charge in [0.2, 0.25) is 17.4 Å². The summed E-state index contributed by atoms with van der Waals surface area (Å²) in [4.78, 5) is 42.3. The maximum Gasteiger partial charge on any atom is 0.201 e. The lowest BCUT2D eigenvalue weighted by Crippen LogP contribution is -2.74. The van der Waals surface area contributed by atoms with E-state index in [4.69, 9.17) is 72.0 Å². The summed E-state index contributed by atoms with van der Waals surface area (Å²) in [5, 5.41) is 10.4. The number of fused-ring (bicyclic) bond motifs is 6. The van der Waals surface area contributed by atoms with Crippen LogP contribution in [0.3, 0.4) is 0 Å². The zero-order chi connectivity index (χ0) is 51.6. The first-order chi connectivity index (χ1) is 35.4. The minimum atomic E-state index is -0.860. The molecule has 0 radical (unpaired) electrons. The molecule has 12 aliphatic heterocycles. The lowest BCUT2D eigenvalue weighted by molar-refractivity contribution is -0.587. The van der Waals surface area contributed by atoms with E-state index in [2.05, 4.69) is 58.3 Å². The van der Waals surface area contributed by atoms with Crippen LogP contribution in [0, 0.1) is 70.5 Å². The van der Waals surface area contributed by atoms with Gasteiger partial charge in [-0.1, -0.05) is 48.5 Å². The monoisotopic (exact) mass is 1050 g/mol. The zero-order valence-corrected chi connectivity index (χ0v) is 46.3. The van der Waals surface area contributed by atoms with E-state index >= 15 is 0 Å². The third-order valence-corrected chi connectivity index (χ3v) is 22.3. The lowest BCUT2D eigenvalue weighted by atomic mass is 9.50. The van der Waals surface area contributed by atoms with Crippen molar-refractivity contribution in [3.05, 3.63) is 0 Å². The molecule has 0 aromatic carbocycles. The molecule has 15 aliphatic rings. The molecule has 12 saturated heterocycles. The third kappa shape index (κ3) is 8.60. The summed E-state index contributed by atoms with van der Waals surface area (Å²) in [6.45, 7) is 27.1.